The molecule has 0 unspecified atom stereocenters. The molecule has 2 amide bonds. The summed E-state index contributed by atoms with van der Waals surface area (Å²) in [6.07, 6.45) is 6.77. The second-order valence-electron chi connectivity index (χ2n) is 7.30. The number of hydrazine groups is 1. The number of rotatable bonds is 4. The van der Waals surface area contributed by atoms with Crippen molar-refractivity contribution in [2.45, 2.75) is 26.3 Å². The molecule has 29 heavy (non-hydrogen) atoms. The van der Waals surface area contributed by atoms with E-state index in [9.17, 15) is 9.59 Å². The predicted molar refractivity (Wildman–Crippen MR) is 110 cm³/mol. The van der Waals surface area contributed by atoms with Crippen LogP contribution in [0.15, 0.2) is 48.9 Å². The highest BCUT2D eigenvalue weighted by atomic mass is 16.2. The first-order valence-corrected chi connectivity index (χ1v) is 9.77. The van der Waals surface area contributed by atoms with Gasteiger partial charge in [-0.1, -0.05) is 18.2 Å². The van der Waals surface area contributed by atoms with Gasteiger partial charge in [-0.3, -0.25) is 20.4 Å². The topological polar surface area (TPSA) is 92.2 Å². The molecule has 1 fully saturated rings. The van der Waals surface area contributed by atoms with Crippen LogP contribution in [0.25, 0.3) is 10.9 Å². The summed E-state index contributed by atoms with van der Waals surface area (Å²) < 4.78 is 1.89. The fourth-order valence-corrected chi connectivity index (χ4v) is 3.79. The highest BCUT2D eigenvalue weighted by molar-refractivity contribution is 5.87. The van der Waals surface area contributed by atoms with Gasteiger partial charge in [-0.05, 0) is 37.5 Å². The van der Waals surface area contributed by atoms with Gasteiger partial charge >= 0.3 is 0 Å². The Morgan fingerprint density at radius 3 is 2.55 bits per heavy atom. The van der Waals surface area contributed by atoms with E-state index in [1.165, 1.54) is 0 Å². The highest BCUT2D eigenvalue weighted by Gasteiger charge is 2.26. The molecule has 0 radical (unpaired) electrons. The molecule has 1 aliphatic heterocycles. The highest BCUT2D eigenvalue weighted by Crippen LogP contribution is 2.21. The first-order chi connectivity index (χ1) is 14.1. The lowest BCUT2D eigenvalue weighted by Crippen LogP contribution is -2.48. The van der Waals surface area contributed by atoms with E-state index in [-0.39, 0.29) is 24.3 Å². The number of hydrogen-bond donors (Lipinski definition) is 2. The zero-order valence-corrected chi connectivity index (χ0v) is 16.3. The van der Waals surface area contributed by atoms with Gasteiger partial charge in [0.1, 0.15) is 6.54 Å². The molecular weight excluding hydrogens is 368 g/mol. The van der Waals surface area contributed by atoms with Gasteiger partial charge in [0, 0.05) is 48.5 Å². The Kier molecular flexibility index (Phi) is 5.41. The lowest BCUT2D eigenvalue weighted by molar-refractivity contribution is -0.131. The van der Waals surface area contributed by atoms with Crippen LogP contribution in [0.2, 0.25) is 0 Å². The van der Waals surface area contributed by atoms with Crippen molar-refractivity contribution in [1.82, 2.24) is 25.4 Å². The number of benzene rings is 1. The van der Waals surface area contributed by atoms with E-state index >= 15 is 0 Å². The number of fused-ring (bicyclic) bond motifs is 1. The van der Waals surface area contributed by atoms with Crippen LogP contribution in [0, 0.1) is 12.8 Å². The van der Waals surface area contributed by atoms with E-state index in [4.69, 9.17) is 0 Å². The minimum atomic E-state index is -0.255. The molecular formula is C21H24N6O2. The molecule has 2 N–H and O–H groups in total. The van der Waals surface area contributed by atoms with E-state index in [0.717, 1.165) is 16.5 Å². The first-order valence-electron chi connectivity index (χ1n) is 9.77. The van der Waals surface area contributed by atoms with Crippen molar-refractivity contribution < 1.29 is 9.59 Å². The van der Waals surface area contributed by atoms with E-state index in [2.05, 4.69) is 25.7 Å². The van der Waals surface area contributed by atoms with Crippen molar-refractivity contribution in [3.05, 3.63) is 54.5 Å². The van der Waals surface area contributed by atoms with Crippen molar-refractivity contribution in [2.75, 3.05) is 18.0 Å². The Morgan fingerprint density at radius 2 is 1.79 bits per heavy atom. The minimum Gasteiger partial charge on any atom is -0.341 e. The van der Waals surface area contributed by atoms with E-state index in [0.29, 0.717) is 31.9 Å². The molecule has 1 aliphatic rings. The number of carbonyl (C=O) groups is 2. The molecule has 8 nitrogen and oxygen atoms in total. The van der Waals surface area contributed by atoms with Crippen LogP contribution in [-0.2, 0) is 16.1 Å². The van der Waals surface area contributed by atoms with E-state index in [1.807, 2.05) is 42.0 Å². The van der Waals surface area contributed by atoms with Crippen molar-refractivity contribution in [3.8, 4) is 0 Å². The molecule has 0 saturated carbocycles. The van der Waals surface area contributed by atoms with Gasteiger partial charge in [0.25, 0.3) is 5.91 Å². The quantitative estimate of drug-likeness (QED) is 0.661. The number of aryl methyl sites for hydroxylation is 1. The molecule has 1 saturated heterocycles. The average molecular weight is 392 g/mol. The Labute approximate surface area is 168 Å². The van der Waals surface area contributed by atoms with Crippen LogP contribution in [0.1, 0.15) is 18.4 Å². The number of hydrogen-bond acceptors (Lipinski definition) is 5. The summed E-state index contributed by atoms with van der Waals surface area (Å²) in [6.45, 7) is 3.60. The molecule has 150 valence electrons. The lowest BCUT2D eigenvalue weighted by atomic mass is 9.96. The van der Waals surface area contributed by atoms with Crippen molar-refractivity contribution in [2.24, 2.45) is 5.92 Å². The summed E-state index contributed by atoms with van der Waals surface area (Å²) in [4.78, 5) is 35.3. The third kappa shape index (κ3) is 4.21. The van der Waals surface area contributed by atoms with Crippen molar-refractivity contribution in [3.63, 3.8) is 0 Å². The summed E-state index contributed by atoms with van der Waals surface area (Å²) in [7, 11) is 0. The number of piperidine rings is 1. The molecule has 0 aliphatic carbocycles. The zero-order chi connectivity index (χ0) is 20.2. The van der Waals surface area contributed by atoms with Gasteiger partial charge in [0.15, 0.2) is 0 Å². The second kappa shape index (κ2) is 8.30. The predicted octanol–water partition coefficient (Wildman–Crippen LogP) is 1.80. The minimum absolute atomic E-state index is 0.134. The van der Waals surface area contributed by atoms with Crippen LogP contribution in [0.4, 0.5) is 5.95 Å². The third-order valence-corrected chi connectivity index (χ3v) is 5.33. The average Bonchev–Trinajstić information content (AvgIpc) is 3.08. The Balaban J connectivity index is 1.27. The summed E-state index contributed by atoms with van der Waals surface area (Å²) in [6, 6.07) is 9.73. The van der Waals surface area contributed by atoms with E-state index < -0.39 is 0 Å². The smallest absolute Gasteiger partial charge is 0.258 e. The molecule has 3 aromatic rings. The summed E-state index contributed by atoms with van der Waals surface area (Å²) in [5, 5.41) is 1.12. The first kappa shape index (κ1) is 18.9. The fraction of sp³-hybridized carbons (Fsp3) is 0.333. The molecule has 0 spiro atoms. The van der Waals surface area contributed by atoms with Gasteiger partial charge in [0.05, 0.1) is 0 Å². The molecule has 0 atom stereocenters. The van der Waals surface area contributed by atoms with Gasteiger partial charge in [0.2, 0.25) is 11.9 Å². The molecule has 2 aromatic heterocycles. The summed E-state index contributed by atoms with van der Waals surface area (Å²) in [5.74, 6) is 0.147. The monoisotopic (exact) mass is 392 g/mol. The third-order valence-electron chi connectivity index (χ3n) is 5.33. The standard InChI is InChI=1S/C21H24N6O2/c1-15-13-27(18-6-3-2-5-17(15)18)14-19(28)24-25-20(29)16-7-11-26(12-8-16)21-22-9-4-10-23-21/h2-6,9-10,13,16H,7-8,11-12,14H2,1H3,(H,24,28)(H,25,29). The van der Waals surface area contributed by atoms with Crippen LogP contribution in [0.5, 0.6) is 0 Å². The normalized spacial score (nSPS) is 14.7. The maximum atomic E-state index is 12.4. The Hall–Kier alpha value is -3.42. The van der Waals surface area contributed by atoms with E-state index in [1.54, 1.807) is 18.5 Å². The van der Waals surface area contributed by atoms with Gasteiger partial charge < -0.3 is 9.47 Å². The molecule has 3 heterocycles. The summed E-state index contributed by atoms with van der Waals surface area (Å²) in [5.41, 5.74) is 7.25. The number of anilines is 1. The number of nitrogens with one attached hydrogen (secondary N) is 2. The molecule has 0 bridgehead atoms. The van der Waals surface area contributed by atoms with Crippen molar-refractivity contribution >= 4 is 28.7 Å². The largest absolute Gasteiger partial charge is 0.341 e. The van der Waals surface area contributed by atoms with Crippen LogP contribution < -0.4 is 15.8 Å². The lowest BCUT2D eigenvalue weighted by Gasteiger charge is -2.31. The van der Waals surface area contributed by atoms with Gasteiger partial charge in [-0.25, -0.2) is 9.97 Å². The maximum absolute atomic E-state index is 12.4. The maximum Gasteiger partial charge on any atom is 0.258 e. The molecule has 1 aromatic carbocycles. The van der Waals surface area contributed by atoms with Crippen molar-refractivity contribution in [1.29, 1.82) is 0 Å². The van der Waals surface area contributed by atoms with Crippen LogP contribution >= 0.6 is 0 Å². The Morgan fingerprint density at radius 1 is 1.07 bits per heavy atom. The number of aromatic nitrogens is 3. The SMILES string of the molecule is Cc1cn(CC(=O)NNC(=O)C2CCN(c3ncccn3)CC2)c2ccccc12. The number of nitrogens with zero attached hydrogens (tertiary/aromatic N) is 4. The number of carbonyl (C=O) groups excluding carboxylic acids is 2. The Bertz CT molecular complexity index is 1010. The second-order valence-corrected chi connectivity index (χ2v) is 7.30. The van der Waals surface area contributed by atoms with Crippen LogP contribution in [-0.4, -0.2) is 39.4 Å². The summed E-state index contributed by atoms with van der Waals surface area (Å²) >= 11 is 0. The van der Waals surface area contributed by atoms with Gasteiger partial charge in [-0.2, -0.15) is 0 Å². The molecule has 8 heteroatoms. The number of amides is 2. The fourth-order valence-electron chi connectivity index (χ4n) is 3.79. The zero-order valence-electron chi connectivity index (χ0n) is 16.3. The van der Waals surface area contributed by atoms with Crippen LogP contribution in [0.3, 0.4) is 0 Å². The molecule has 4 rings (SSSR count). The van der Waals surface area contributed by atoms with Gasteiger partial charge in [-0.15, -0.1) is 0 Å². The number of para-hydroxylation sites is 1.